The SMILES string of the molecule is CCOC(=O)C1(COc2cc3c(nc2SC)N(c2ccc(F)cc2)C[C@@H](CCC(C)(F)F)N(C)S3(=O)=O)CC1. The second-order valence-electron chi connectivity index (χ2n) is 9.98. The third-order valence-corrected chi connectivity index (χ3v) is 9.63. The minimum absolute atomic E-state index is 0.00559. The van der Waals surface area contributed by atoms with Gasteiger partial charge in [0.15, 0.2) is 11.6 Å². The number of anilines is 2. The summed E-state index contributed by atoms with van der Waals surface area (Å²) in [6.45, 7) is 2.79. The second-order valence-corrected chi connectivity index (χ2v) is 12.7. The van der Waals surface area contributed by atoms with E-state index in [0.717, 1.165) is 11.2 Å². The van der Waals surface area contributed by atoms with Gasteiger partial charge in [0.1, 0.15) is 27.8 Å². The fraction of sp³-hybridized carbons (Fsp3) is 0.538. The number of sulfonamides is 1. The van der Waals surface area contributed by atoms with E-state index in [1.165, 1.54) is 49.1 Å². The maximum Gasteiger partial charge on any atom is 0.315 e. The normalized spacial score (nSPS) is 20.2. The van der Waals surface area contributed by atoms with Crippen LogP contribution in [0.1, 0.15) is 39.5 Å². The van der Waals surface area contributed by atoms with E-state index in [4.69, 9.17) is 9.47 Å². The number of likely N-dealkylation sites (N-methyl/N-ethyl adjacent to an activating group) is 1. The van der Waals surface area contributed by atoms with E-state index in [1.807, 2.05) is 0 Å². The van der Waals surface area contributed by atoms with Crippen molar-refractivity contribution in [3.8, 4) is 5.75 Å². The molecule has 1 aromatic carbocycles. The number of rotatable bonds is 10. The number of fused-ring (bicyclic) bond motifs is 1. The van der Waals surface area contributed by atoms with Gasteiger partial charge in [-0.05, 0) is 63.6 Å². The van der Waals surface area contributed by atoms with Crippen LogP contribution in [0.15, 0.2) is 40.3 Å². The van der Waals surface area contributed by atoms with Crippen molar-refractivity contribution < 1.29 is 35.9 Å². The van der Waals surface area contributed by atoms with Crippen molar-refractivity contribution in [2.24, 2.45) is 5.41 Å². The number of aromatic nitrogens is 1. The highest BCUT2D eigenvalue weighted by Crippen LogP contribution is 2.48. The smallest absolute Gasteiger partial charge is 0.315 e. The standard InChI is InChI=1S/C26H32F3N3O5S2/c1-5-36-24(33)26(12-13-26)16-37-20-14-21-22(30-23(20)38-4)32(18-8-6-17(27)7-9-18)15-19(10-11-25(2,28)29)31(3)39(21,34)35/h6-9,14,19H,5,10-13,15-16H2,1-4H3/t19-/m1/s1. The largest absolute Gasteiger partial charge is 0.490 e. The Morgan fingerprint density at radius 2 is 1.92 bits per heavy atom. The number of pyridine rings is 1. The molecule has 1 aliphatic carbocycles. The number of carbonyl (C=O) groups is 1. The Balaban J connectivity index is 1.78. The predicted octanol–water partition coefficient (Wildman–Crippen LogP) is 5.24. The van der Waals surface area contributed by atoms with Crippen molar-refractivity contribution in [2.45, 2.75) is 61.4 Å². The van der Waals surface area contributed by atoms with Crippen LogP contribution in [0.3, 0.4) is 0 Å². The number of halogens is 3. The maximum atomic E-state index is 13.8. The molecular formula is C26H32F3N3O5S2. The Bertz CT molecular complexity index is 1320. The number of benzene rings is 1. The summed E-state index contributed by atoms with van der Waals surface area (Å²) in [7, 11) is -2.85. The first-order valence-corrected chi connectivity index (χ1v) is 15.3. The molecule has 0 unspecified atom stereocenters. The number of esters is 1. The van der Waals surface area contributed by atoms with Gasteiger partial charge in [-0.3, -0.25) is 4.79 Å². The summed E-state index contributed by atoms with van der Waals surface area (Å²) in [5, 5.41) is 0.386. The Morgan fingerprint density at radius 3 is 2.49 bits per heavy atom. The van der Waals surface area contributed by atoms with E-state index in [1.54, 1.807) is 18.1 Å². The van der Waals surface area contributed by atoms with Gasteiger partial charge in [0.25, 0.3) is 0 Å². The Morgan fingerprint density at radius 1 is 1.26 bits per heavy atom. The van der Waals surface area contributed by atoms with Gasteiger partial charge >= 0.3 is 5.97 Å². The number of carbonyl (C=O) groups excluding carboxylic acids is 1. The molecule has 0 radical (unpaired) electrons. The Hall–Kier alpha value is -2.51. The molecule has 2 aromatic rings. The van der Waals surface area contributed by atoms with Crippen LogP contribution in [0.25, 0.3) is 0 Å². The molecule has 1 fully saturated rings. The third-order valence-electron chi connectivity index (χ3n) is 7.04. The zero-order valence-corrected chi connectivity index (χ0v) is 23.9. The summed E-state index contributed by atoms with van der Waals surface area (Å²) in [5.41, 5.74) is -0.311. The lowest BCUT2D eigenvalue weighted by molar-refractivity contribution is -0.150. The number of ether oxygens (including phenoxy) is 2. The minimum Gasteiger partial charge on any atom is -0.490 e. The van der Waals surface area contributed by atoms with Gasteiger partial charge < -0.3 is 14.4 Å². The molecule has 1 aliphatic heterocycles. The van der Waals surface area contributed by atoms with Gasteiger partial charge in [0.05, 0.1) is 6.61 Å². The molecule has 214 valence electrons. The minimum atomic E-state index is -4.20. The monoisotopic (exact) mass is 587 g/mol. The van der Waals surface area contributed by atoms with Crippen molar-refractivity contribution in [3.05, 3.63) is 36.1 Å². The predicted molar refractivity (Wildman–Crippen MR) is 142 cm³/mol. The number of nitrogens with zero attached hydrogens (tertiary/aromatic N) is 3. The quantitative estimate of drug-likeness (QED) is 0.276. The van der Waals surface area contributed by atoms with Crippen LogP contribution in [0.2, 0.25) is 0 Å². The zero-order valence-electron chi connectivity index (χ0n) is 22.2. The number of hydrogen-bond donors (Lipinski definition) is 0. The van der Waals surface area contributed by atoms with Gasteiger partial charge in [0, 0.05) is 37.8 Å². The Labute approximate surface area is 230 Å². The summed E-state index contributed by atoms with van der Waals surface area (Å²) >= 11 is 1.23. The van der Waals surface area contributed by atoms with Crippen molar-refractivity contribution in [2.75, 3.05) is 38.0 Å². The van der Waals surface area contributed by atoms with Gasteiger partial charge in [-0.2, -0.15) is 4.31 Å². The second kappa shape index (κ2) is 11.2. The van der Waals surface area contributed by atoms with Crippen molar-refractivity contribution in [3.63, 3.8) is 0 Å². The van der Waals surface area contributed by atoms with E-state index in [2.05, 4.69) is 4.98 Å². The van der Waals surface area contributed by atoms with Crippen LogP contribution in [0, 0.1) is 11.2 Å². The van der Waals surface area contributed by atoms with Crippen molar-refractivity contribution in [1.29, 1.82) is 0 Å². The molecule has 13 heteroatoms. The highest BCUT2D eigenvalue weighted by molar-refractivity contribution is 7.98. The first-order chi connectivity index (χ1) is 18.3. The molecule has 2 aliphatic rings. The lowest BCUT2D eigenvalue weighted by Gasteiger charge is -2.29. The first-order valence-electron chi connectivity index (χ1n) is 12.6. The molecule has 2 heterocycles. The lowest BCUT2D eigenvalue weighted by Crippen LogP contribution is -2.41. The average Bonchev–Trinajstić information content (AvgIpc) is 3.68. The molecule has 0 bridgehead atoms. The Kier molecular flexibility index (Phi) is 8.44. The summed E-state index contributed by atoms with van der Waals surface area (Å²) < 4.78 is 81.2. The molecule has 1 atom stereocenters. The maximum absolute atomic E-state index is 13.8. The van der Waals surface area contributed by atoms with E-state index < -0.39 is 39.6 Å². The van der Waals surface area contributed by atoms with Crippen molar-refractivity contribution >= 4 is 39.3 Å². The molecule has 8 nitrogen and oxygen atoms in total. The van der Waals surface area contributed by atoms with Gasteiger partial charge in [0.2, 0.25) is 15.9 Å². The lowest BCUT2D eigenvalue weighted by atomic mass is 10.1. The van der Waals surface area contributed by atoms with Crippen LogP contribution < -0.4 is 9.64 Å². The van der Waals surface area contributed by atoms with E-state index in [0.29, 0.717) is 23.6 Å². The molecule has 0 N–H and O–H groups in total. The molecule has 0 saturated heterocycles. The summed E-state index contributed by atoms with van der Waals surface area (Å²) in [5.74, 6) is -3.54. The summed E-state index contributed by atoms with van der Waals surface area (Å²) in [6, 6.07) is 6.01. The highest BCUT2D eigenvalue weighted by Gasteiger charge is 2.52. The molecule has 0 amide bonds. The fourth-order valence-corrected chi connectivity index (χ4v) is 6.46. The van der Waals surface area contributed by atoms with E-state index in [9.17, 15) is 26.4 Å². The van der Waals surface area contributed by atoms with Gasteiger partial charge in [-0.25, -0.2) is 26.6 Å². The molecule has 39 heavy (non-hydrogen) atoms. The fourth-order valence-electron chi connectivity index (χ4n) is 4.45. The first kappa shape index (κ1) is 29.5. The molecule has 1 saturated carbocycles. The van der Waals surface area contributed by atoms with Crippen LogP contribution in [-0.2, 0) is 19.6 Å². The number of hydrogen-bond acceptors (Lipinski definition) is 8. The van der Waals surface area contributed by atoms with E-state index >= 15 is 0 Å². The third kappa shape index (κ3) is 6.30. The topological polar surface area (TPSA) is 89.0 Å². The van der Waals surface area contributed by atoms with Gasteiger partial charge in [-0.1, -0.05) is 0 Å². The molecular weight excluding hydrogens is 555 g/mol. The summed E-state index contributed by atoms with van der Waals surface area (Å²) in [6.07, 6.45) is 2.33. The molecule has 0 spiro atoms. The number of thioether (sulfide) groups is 1. The van der Waals surface area contributed by atoms with Crippen LogP contribution in [0.5, 0.6) is 5.75 Å². The van der Waals surface area contributed by atoms with Crippen LogP contribution >= 0.6 is 11.8 Å². The zero-order chi connectivity index (χ0) is 28.6. The molecule has 4 rings (SSSR count). The summed E-state index contributed by atoms with van der Waals surface area (Å²) in [4.78, 5) is 18.5. The van der Waals surface area contributed by atoms with Crippen LogP contribution in [0.4, 0.5) is 24.7 Å². The number of alkyl halides is 2. The van der Waals surface area contributed by atoms with E-state index in [-0.39, 0.29) is 48.6 Å². The van der Waals surface area contributed by atoms with Gasteiger partial charge in [-0.15, -0.1) is 11.8 Å². The molecule has 1 aromatic heterocycles. The van der Waals surface area contributed by atoms with Crippen LogP contribution in [-0.4, -0.2) is 68.7 Å². The van der Waals surface area contributed by atoms with Crippen molar-refractivity contribution in [1.82, 2.24) is 9.29 Å². The highest BCUT2D eigenvalue weighted by atomic mass is 32.2. The average molecular weight is 588 g/mol.